The Morgan fingerprint density at radius 1 is 1.29 bits per heavy atom. The molecule has 0 radical (unpaired) electrons. The topological polar surface area (TPSA) is 35.5 Å². The molecule has 0 aliphatic rings. The second kappa shape index (κ2) is 6.89. The summed E-state index contributed by atoms with van der Waals surface area (Å²) in [6.45, 7) is 4.54. The van der Waals surface area contributed by atoms with Crippen molar-refractivity contribution in [2.45, 2.75) is 26.7 Å². The minimum absolute atomic E-state index is 0.0144. The van der Waals surface area contributed by atoms with E-state index in [4.69, 9.17) is 9.47 Å². The molecular formula is C13H17FO3. The average Bonchev–Trinajstić information content (AvgIpc) is 2.34. The van der Waals surface area contributed by atoms with Crippen LogP contribution in [0.3, 0.4) is 0 Å². The van der Waals surface area contributed by atoms with Crippen LogP contribution >= 0.6 is 0 Å². The van der Waals surface area contributed by atoms with Crippen molar-refractivity contribution in [3.63, 3.8) is 0 Å². The number of carbonyl (C=O) groups is 1. The van der Waals surface area contributed by atoms with E-state index in [9.17, 15) is 9.18 Å². The van der Waals surface area contributed by atoms with E-state index in [1.807, 2.05) is 6.92 Å². The molecule has 0 heterocycles. The lowest BCUT2D eigenvalue weighted by molar-refractivity contribution is 0.111. The summed E-state index contributed by atoms with van der Waals surface area (Å²) in [5.74, 6) is -0.503. The Hall–Kier alpha value is -1.58. The zero-order chi connectivity index (χ0) is 12.7. The molecule has 0 aliphatic carbocycles. The summed E-state index contributed by atoms with van der Waals surface area (Å²) >= 11 is 0. The van der Waals surface area contributed by atoms with E-state index in [1.54, 1.807) is 6.92 Å². The van der Waals surface area contributed by atoms with Crippen LogP contribution in [0.1, 0.15) is 37.0 Å². The summed E-state index contributed by atoms with van der Waals surface area (Å²) in [4.78, 5) is 10.8. The smallest absolute Gasteiger partial charge is 0.207 e. The molecule has 0 amide bonds. The molecule has 0 bridgehead atoms. The number of aldehydes is 1. The summed E-state index contributed by atoms with van der Waals surface area (Å²) in [5, 5.41) is 0. The summed E-state index contributed by atoms with van der Waals surface area (Å²) in [7, 11) is 0. The van der Waals surface area contributed by atoms with Crippen LogP contribution < -0.4 is 9.47 Å². The van der Waals surface area contributed by atoms with Gasteiger partial charge in [-0.3, -0.25) is 4.79 Å². The van der Waals surface area contributed by atoms with Crippen LogP contribution in [0.25, 0.3) is 0 Å². The van der Waals surface area contributed by atoms with Crippen molar-refractivity contribution in [2.24, 2.45) is 0 Å². The number of hydrogen-bond acceptors (Lipinski definition) is 3. The zero-order valence-corrected chi connectivity index (χ0v) is 10.2. The number of rotatable bonds is 7. The highest BCUT2D eigenvalue weighted by atomic mass is 19.1. The van der Waals surface area contributed by atoms with Gasteiger partial charge >= 0.3 is 0 Å². The molecule has 0 N–H and O–H groups in total. The molecule has 0 saturated heterocycles. The number of ether oxygens (including phenoxy) is 2. The van der Waals surface area contributed by atoms with Crippen molar-refractivity contribution < 1.29 is 18.7 Å². The first-order chi connectivity index (χ1) is 8.24. The van der Waals surface area contributed by atoms with Crippen molar-refractivity contribution in [3.8, 4) is 11.5 Å². The van der Waals surface area contributed by atoms with Crippen molar-refractivity contribution >= 4 is 6.29 Å². The monoisotopic (exact) mass is 240 g/mol. The highest BCUT2D eigenvalue weighted by molar-refractivity contribution is 5.80. The molecule has 0 unspecified atom stereocenters. The quantitative estimate of drug-likeness (QED) is 0.542. The first-order valence-electron chi connectivity index (χ1n) is 5.77. The van der Waals surface area contributed by atoms with E-state index >= 15 is 0 Å². The first-order valence-corrected chi connectivity index (χ1v) is 5.77. The number of hydrogen-bond donors (Lipinski definition) is 0. The predicted octanol–water partition coefficient (Wildman–Crippen LogP) is 3.22. The Morgan fingerprint density at radius 3 is 2.65 bits per heavy atom. The summed E-state index contributed by atoms with van der Waals surface area (Å²) in [6, 6.07) is 2.94. The van der Waals surface area contributed by atoms with Gasteiger partial charge in [0.05, 0.1) is 18.8 Å². The second-order valence-electron chi connectivity index (χ2n) is 3.55. The van der Waals surface area contributed by atoms with Gasteiger partial charge in [0.15, 0.2) is 17.8 Å². The first kappa shape index (κ1) is 13.5. The van der Waals surface area contributed by atoms with Gasteiger partial charge in [0, 0.05) is 0 Å². The van der Waals surface area contributed by atoms with Gasteiger partial charge in [-0.25, -0.2) is 0 Å². The molecule has 3 nitrogen and oxygen atoms in total. The van der Waals surface area contributed by atoms with E-state index in [2.05, 4.69) is 0 Å². The van der Waals surface area contributed by atoms with Gasteiger partial charge in [-0.1, -0.05) is 13.3 Å². The fourth-order valence-corrected chi connectivity index (χ4v) is 1.38. The Bertz CT molecular complexity index is 377. The van der Waals surface area contributed by atoms with Gasteiger partial charge in [0.1, 0.15) is 0 Å². The van der Waals surface area contributed by atoms with Crippen molar-refractivity contribution in [1.82, 2.24) is 0 Å². The molecule has 1 rings (SSSR count). The Labute approximate surface area is 101 Å². The Kier molecular flexibility index (Phi) is 5.46. The lowest BCUT2D eigenvalue weighted by Crippen LogP contribution is -2.04. The standard InChI is InChI=1S/C13H17FO3/c1-3-5-8-17-13-10(9-15)6-7-11(12(13)14)16-4-2/h6-7,9H,3-5,8H2,1-2H3. The molecule has 0 spiro atoms. The van der Waals surface area contributed by atoms with Crippen LogP contribution in [0, 0.1) is 5.82 Å². The van der Waals surface area contributed by atoms with Gasteiger partial charge < -0.3 is 9.47 Å². The summed E-state index contributed by atoms with van der Waals surface area (Å²) in [5.41, 5.74) is 0.210. The zero-order valence-electron chi connectivity index (χ0n) is 10.2. The Balaban J connectivity index is 2.95. The third kappa shape index (κ3) is 3.44. The maximum absolute atomic E-state index is 13.9. The molecule has 17 heavy (non-hydrogen) atoms. The van der Waals surface area contributed by atoms with Crippen molar-refractivity contribution in [1.29, 1.82) is 0 Å². The van der Waals surface area contributed by atoms with E-state index < -0.39 is 5.82 Å². The third-order valence-electron chi connectivity index (χ3n) is 2.26. The normalized spacial score (nSPS) is 10.1. The molecular weight excluding hydrogens is 223 g/mol. The number of halogens is 1. The SMILES string of the molecule is CCCCOc1c(C=O)ccc(OCC)c1F. The molecule has 94 valence electrons. The number of carbonyl (C=O) groups excluding carboxylic acids is 1. The molecule has 0 fully saturated rings. The molecule has 1 aromatic carbocycles. The molecule has 0 atom stereocenters. The minimum Gasteiger partial charge on any atom is -0.491 e. The largest absolute Gasteiger partial charge is 0.491 e. The van der Waals surface area contributed by atoms with Crippen LogP contribution in [0.4, 0.5) is 4.39 Å². The van der Waals surface area contributed by atoms with Crippen LogP contribution in [-0.4, -0.2) is 19.5 Å². The van der Waals surface area contributed by atoms with Gasteiger partial charge in [-0.05, 0) is 25.5 Å². The van der Waals surface area contributed by atoms with Crippen LogP contribution in [0.2, 0.25) is 0 Å². The number of unbranched alkanes of at least 4 members (excludes halogenated alkanes) is 1. The van der Waals surface area contributed by atoms with Crippen LogP contribution in [-0.2, 0) is 0 Å². The van der Waals surface area contributed by atoms with Crippen LogP contribution in [0.15, 0.2) is 12.1 Å². The van der Waals surface area contributed by atoms with Gasteiger partial charge in [-0.2, -0.15) is 4.39 Å². The van der Waals surface area contributed by atoms with Gasteiger partial charge in [-0.15, -0.1) is 0 Å². The highest BCUT2D eigenvalue weighted by Gasteiger charge is 2.15. The van der Waals surface area contributed by atoms with Gasteiger partial charge in [0.25, 0.3) is 0 Å². The summed E-state index contributed by atoms with van der Waals surface area (Å²) < 4.78 is 24.3. The summed E-state index contributed by atoms with van der Waals surface area (Å²) in [6.07, 6.45) is 2.35. The van der Waals surface area contributed by atoms with Crippen molar-refractivity contribution in [2.75, 3.05) is 13.2 Å². The molecule has 0 aromatic heterocycles. The van der Waals surface area contributed by atoms with E-state index in [1.165, 1.54) is 12.1 Å². The van der Waals surface area contributed by atoms with Crippen LogP contribution in [0.5, 0.6) is 11.5 Å². The molecule has 0 saturated carbocycles. The number of benzene rings is 1. The van der Waals surface area contributed by atoms with E-state index in [0.717, 1.165) is 12.8 Å². The predicted molar refractivity (Wildman–Crippen MR) is 63.4 cm³/mol. The fraction of sp³-hybridized carbons (Fsp3) is 0.462. The fourth-order valence-electron chi connectivity index (χ4n) is 1.38. The van der Waals surface area contributed by atoms with Crippen molar-refractivity contribution in [3.05, 3.63) is 23.5 Å². The second-order valence-corrected chi connectivity index (χ2v) is 3.55. The van der Waals surface area contributed by atoms with Gasteiger partial charge in [0.2, 0.25) is 5.82 Å². The molecule has 1 aromatic rings. The maximum atomic E-state index is 13.9. The lowest BCUT2D eigenvalue weighted by atomic mass is 10.2. The lowest BCUT2D eigenvalue weighted by Gasteiger charge is -2.12. The third-order valence-corrected chi connectivity index (χ3v) is 2.26. The maximum Gasteiger partial charge on any atom is 0.207 e. The molecule has 4 heteroatoms. The average molecular weight is 240 g/mol. The highest BCUT2D eigenvalue weighted by Crippen LogP contribution is 2.30. The van der Waals surface area contributed by atoms with E-state index in [0.29, 0.717) is 19.5 Å². The molecule has 0 aliphatic heterocycles. The Morgan fingerprint density at radius 2 is 2.06 bits per heavy atom. The van der Waals surface area contributed by atoms with E-state index in [-0.39, 0.29) is 17.1 Å². The minimum atomic E-state index is -0.604.